The van der Waals surface area contributed by atoms with Crippen LogP contribution in [0.25, 0.3) is 0 Å². The second-order valence-electron chi connectivity index (χ2n) is 23.4. The smallest absolute Gasteiger partial charge is 0.329 e. The van der Waals surface area contributed by atoms with Crippen molar-refractivity contribution >= 4 is 35.2 Å². The number of hydrogen-bond acceptors (Lipinski definition) is 15. The Morgan fingerprint density at radius 2 is 1.64 bits per heavy atom. The molecule has 0 spiro atoms. The molecule has 77 heavy (non-hydrogen) atoms. The van der Waals surface area contributed by atoms with E-state index in [1.165, 1.54) is 12.0 Å². The number of aromatic nitrogens is 1. The molecule has 0 radical (unpaired) electrons. The molecule has 2 saturated heterocycles. The van der Waals surface area contributed by atoms with Gasteiger partial charge in [-0.25, -0.2) is 4.79 Å². The molecular formula is C61H90N2O14. The van der Waals surface area contributed by atoms with Crippen molar-refractivity contribution < 1.29 is 67.4 Å². The van der Waals surface area contributed by atoms with E-state index in [-0.39, 0.29) is 48.8 Å². The average Bonchev–Trinajstić information content (AvgIpc) is 3.41. The highest BCUT2D eigenvalue weighted by Crippen LogP contribution is 2.39. The molecule has 4 aliphatic rings. The molecule has 1 amide bonds. The fourth-order valence-electron chi connectivity index (χ4n) is 11.6. The maximum absolute atomic E-state index is 14.6. The third kappa shape index (κ3) is 16.9. The lowest BCUT2D eigenvalue weighted by molar-refractivity contribution is -0.265. The first kappa shape index (κ1) is 63.1. The first-order valence-electron chi connectivity index (χ1n) is 28.0. The number of hydrogen-bond donors (Lipinski definition) is 2. The number of rotatable bonds is 10. The van der Waals surface area contributed by atoms with Crippen molar-refractivity contribution in [2.45, 2.75) is 200 Å². The number of fused-ring (bicyclic) bond motifs is 3. The topological polar surface area (TPSA) is 214 Å². The van der Waals surface area contributed by atoms with Crippen molar-refractivity contribution in [3.05, 3.63) is 77.7 Å². The van der Waals surface area contributed by atoms with Crippen LogP contribution in [0.15, 0.2) is 72.1 Å². The number of ether oxygens (including phenoxy) is 6. The van der Waals surface area contributed by atoms with Crippen LogP contribution in [-0.4, -0.2) is 138 Å². The fourth-order valence-corrected chi connectivity index (χ4v) is 11.6. The molecule has 1 aromatic heterocycles. The van der Waals surface area contributed by atoms with Gasteiger partial charge in [-0.2, -0.15) is 0 Å². The molecule has 3 fully saturated rings. The number of methoxy groups -OCH3 is 3. The highest BCUT2D eigenvalue weighted by Gasteiger charge is 2.53. The molecule has 3 aliphatic heterocycles. The molecule has 2 N–H and O–H groups in total. The molecule has 0 unspecified atom stereocenters. The van der Waals surface area contributed by atoms with Crippen LogP contribution in [-0.2, 0) is 63.6 Å². The first-order valence-corrected chi connectivity index (χ1v) is 28.0. The molecule has 5 rings (SSSR count). The molecule has 16 heteroatoms. The van der Waals surface area contributed by atoms with Gasteiger partial charge >= 0.3 is 11.9 Å². The number of allylic oxidation sites excluding steroid dienone is 6. The predicted molar refractivity (Wildman–Crippen MR) is 291 cm³/mol. The number of pyridine rings is 1. The van der Waals surface area contributed by atoms with Gasteiger partial charge in [0, 0.05) is 70.9 Å². The van der Waals surface area contributed by atoms with Crippen molar-refractivity contribution in [2.24, 2.45) is 40.9 Å². The fraction of sp³-hybridized carbons (Fsp3) is 0.689. The van der Waals surface area contributed by atoms with E-state index < -0.39 is 101 Å². The predicted octanol–water partition coefficient (Wildman–Crippen LogP) is 8.40. The van der Waals surface area contributed by atoms with Crippen LogP contribution in [0.5, 0.6) is 0 Å². The van der Waals surface area contributed by atoms with E-state index in [4.69, 9.17) is 28.4 Å². The summed E-state index contributed by atoms with van der Waals surface area (Å²) in [4.78, 5) is 90.6. The molecule has 4 heterocycles. The van der Waals surface area contributed by atoms with Gasteiger partial charge in [-0.15, -0.1) is 0 Å². The number of cyclic esters (lactones) is 1. The van der Waals surface area contributed by atoms with Crippen molar-refractivity contribution in [3.63, 3.8) is 0 Å². The summed E-state index contributed by atoms with van der Waals surface area (Å²) in [5, 5.41) is 23.6. The Balaban J connectivity index is 1.43. The second kappa shape index (κ2) is 29.0. The number of Topliss-reactive ketones (excluding diaryl/α,β-unsaturated/α-hetero) is 3. The highest BCUT2D eigenvalue weighted by atomic mass is 16.6. The number of ketones is 3. The zero-order chi connectivity index (χ0) is 56.8. The van der Waals surface area contributed by atoms with E-state index in [0.717, 1.165) is 11.1 Å². The SMILES string of the molecule is CO[C@H]1C[C@@H]2CC[C@@H](C)[C@@](O)(O2)C(=O)C(=O)N2CCCC[C@H]2C(=O)O[C@H]([C@H](C)C[C@@H]2CC[C@@H](OC(=O)C(C)(C)Cc3cccnc3)[C@H](OC)C2)CC(=O)[C@H](C)/C=C(\C)[C@@H](O)[C@@H](OC)C(=O)[C@H](C)C[C@H](C)/C=C/C=C/C=C/1C. The van der Waals surface area contributed by atoms with Gasteiger partial charge < -0.3 is 43.5 Å². The van der Waals surface area contributed by atoms with E-state index in [9.17, 15) is 39.0 Å². The van der Waals surface area contributed by atoms with Crippen LogP contribution in [0.4, 0.5) is 0 Å². The normalized spacial score (nSPS) is 36.1. The summed E-state index contributed by atoms with van der Waals surface area (Å²) in [5.41, 5.74) is 1.34. The molecule has 1 aromatic rings. The lowest BCUT2D eigenvalue weighted by atomic mass is 9.78. The van der Waals surface area contributed by atoms with Gasteiger partial charge in [-0.3, -0.25) is 29.0 Å². The maximum Gasteiger partial charge on any atom is 0.329 e. The molecule has 428 valence electrons. The molecule has 15 atom stereocenters. The Labute approximate surface area is 457 Å². The average molecular weight is 1080 g/mol. The quantitative estimate of drug-likeness (QED) is 0.128. The van der Waals surface area contributed by atoms with Crippen LogP contribution in [0.3, 0.4) is 0 Å². The van der Waals surface area contributed by atoms with Crippen molar-refractivity contribution in [1.82, 2.24) is 9.88 Å². The van der Waals surface area contributed by atoms with E-state index in [2.05, 4.69) is 4.98 Å². The number of amides is 1. The van der Waals surface area contributed by atoms with Crippen molar-refractivity contribution in [2.75, 3.05) is 27.9 Å². The molecule has 0 aromatic carbocycles. The molecule has 1 saturated carbocycles. The lowest BCUT2D eigenvalue weighted by Gasteiger charge is -2.42. The molecule has 2 bridgehead atoms. The van der Waals surface area contributed by atoms with Crippen LogP contribution in [0.1, 0.15) is 145 Å². The number of nitrogens with zero attached hydrogens (tertiary/aromatic N) is 2. The van der Waals surface area contributed by atoms with Crippen LogP contribution in [0, 0.1) is 40.9 Å². The molecule has 1 aliphatic carbocycles. The summed E-state index contributed by atoms with van der Waals surface area (Å²) in [6, 6.07) is 2.58. The van der Waals surface area contributed by atoms with E-state index in [0.29, 0.717) is 76.2 Å². The number of carbonyl (C=O) groups is 6. The lowest BCUT2D eigenvalue weighted by Crippen LogP contribution is -2.61. The Bertz CT molecular complexity index is 2290. The summed E-state index contributed by atoms with van der Waals surface area (Å²) in [5.74, 6) is -8.67. The Morgan fingerprint density at radius 3 is 2.31 bits per heavy atom. The Morgan fingerprint density at radius 1 is 0.896 bits per heavy atom. The number of esters is 2. The van der Waals surface area contributed by atoms with Gasteiger partial charge in [-0.1, -0.05) is 77.1 Å². The summed E-state index contributed by atoms with van der Waals surface area (Å²) >= 11 is 0. The Kier molecular flexibility index (Phi) is 23.7. The zero-order valence-corrected chi connectivity index (χ0v) is 47.9. The van der Waals surface area contributed by atoms with E-state index >= 15 is 0 Å². The third-order valence-corrected chi connectivity index (χ3v) is 16.6. The largest absolute Gasteiger partial charge is 0.460 e. The van der Waals surface area contributed by atoms with Crippen LogP contribution < -0.4 is 0 Å². The maximum atomic E-state index is 14.6. The van der Waals surface area contributed by atoms with Crippen LogP contribution >= 0.6 is 0 Å². The summed E-state index contributed by atoms with van der Waals surface area (Å²) in [6.07, 6.45) is 14.6. The van der Waals surface area contributed by atoms with Gasteiger partial charge in [0.1, 0.15) is 36.2 Å². The number of carbonyl (C=O) groups excluding carboxylic acids is 6. The number of aliphatic hydroxyl groups excluding tert-OH is 1. The minimum absolute atomic E-state index is 0.00198. The summed E-state index contributed by atoms with van der Waals surface area (Å²) in [7, 11) is 4.54. The van der Waals surface area contributed by atoms with Crippen LogP contribution in [0.2, 0.25) is 0 Å². The van der Waals surface area contributed by atoms with Gasteiger partial charge in [0.15, 0.2) is 5.78 Å². The van der Waals surface area contributed by atoms with Gasteiger partial charge in [0.25, 0.3) is 11.7 Å². The first-order chi connectivity index (χ1) is 36.4. The second-order valence-corrected chi connectivity index (χ2v) is 23.4. The number of aliphatic hydroxyl groups is 2. The minimum Gasteiger partial charge on any atom is -0.460 e. The summed E-state index contributed by atoms with van der Waals surface area (Å²) in [6.45, 7) is 16.4. The monoisotopic (exact) mass is 1070 g/mol. The van der Waals surface area contributed by atoms with E-state index in [1.807, 2.05) is 84.1 Å². The number of piperidine rings is 1. The Hall–Kier alpha value is -4.71. The third-order valence-electron chi connectivity index (χ3n) is 16.6. The van der Waals surface area contributed by atoms with Crippen molar-refractivity contribution in [3.8, 4) is 0 Å². The van der Waals surface area contributed by atoms with Gasteiger partial charge in [0.05, 0.1) is 23.7 Å². The summed E-state index contributed by atoms with van der Waals surface area (Å²) < 4.78 is 36.1. The minimum atomic E-state index is -2.46. The van der Waals surface area contributed by atoms with Gasteiger partial charge in [0.2, 0.25) is 5.79 Å². The molecule has 16 nitrogen and oxygen atoms in total. The zero-order valence-electron chi connectivity index (χ0n) is 47.9. The van der Waals surface area contributed by atoms with Gasteiger partial charge in [-0.05, 0) is 139 Å². The van der Waals surface area contributed by atoms with E-state index in [1.54, 1.807) is 53.5 Å². The van der Waals surface area contributed by atoms with Crippen molar-refractivity contribution in [1.29, 1.82) is 0 Å². The molecular weight excluding hydrogens is 985 g/mol. The highest BCUT2D eigenvalue weighted by molar-refractivity contribution is 6.39. The standard InChI is InChI=1S/C61H90N2O14/c1-37-19-14-13-15-20-38(2)50(72-10)33-46-25-23-43(7)61(71,77-46)56(67)57(68)63-28-17-16-22-47(63)58(69)75-51(34-48(64)39(3)30-42(6)54(66)55(74-12)53(65)41(5)29-37)40(4)31-44-24-26-49(52(32-44)73-11)76-59(70)60(8,9)35-45-21-18-27-62-36-45/h13-15,18-21,27,30,36-37,39-41,43-44,46-47,49-52,54-55,66,71H,16-17,22-26,28-29,31-35H2,1-12H3/b15-13+,19-14+,38-20+,42-30+/t37-,39-,40-,41-,43-,44+,46+,47+,49-,50+,51+,52-,54-,55+,61-/m1/s1.